The number of phenolic OH excluding ortho intramolecular Hbond substituents is 2. The van der Waals surface area contributed by atoms with E-state index >= 15 is 0 Å². The predicted molar refractivity (Wildman–Crippen MR) is 51.3 cm³/mol. The SMILES string of the molecule is Oc1ccc([C@H]2CNCCO2)cc1O. The van der Waals surface area contributed by atoms with Gasteiger partial charge in [-0.15, -0.1) is 0 Å². The molecule has 1 fully saturated rings. The number of morpholine rings is 1. The highest BCUT2D eigenvalue weighted by Crippen LogP contribution is 2.29. The normalized spacial score (nSPS) is 22.1. The van der Waals surface area contributed by atoms with E-state index in [1.165, 1.54) is 12.1 Å². The zero-order valence-corrected chi connectivity index (χ0v) is 7.73. The summed E-state index contributed by atoms with van der Waals surface area (Å²) in [6, 6.07) is 4.77. The van der Waals surface area contributed by atoms with E-state index in [-0.39, 0.29) is 17.6 Å². The van der Waals surface area contributed by atoms with E-state index in [2.05, 4.69) is 5.32 Å². The molecule has 0 aliphatic carbocycles. The van der Waals surface area contributed by atoms with Gasteiger partial charge in [-0.25, -0.2) is 0 Å². The highest BCUT2D eigenvalue weighted by Gasteiger charge is 2.16. The third kappa shape index (κ3) is 1.81. The first-order valence-corrected chi connectivity index (χ1v) is 4.61. The highest BCUT2D eigenvalue weighted by atomic mass is 16.5. The van der Waals surface area contributed by atoms with Crippen molar-refractivity contribution in [1.82, 2.24) is 5.32 Å². The van der Waals surface area contributed by atoms with E-state index < -0.39 is 0 Å². The summed E-state index contributed by atoms with van der Waals surface area (Å²) >= 11 is 0. The van der Waals surface area contributed by atoms with Crippen LogP contribution in [0.15, 0.2) is 18.2 Å². The van der Waals surface area contributed by atoms with Gasteiger partial charge >= 0.3 is 0 Å². The molecule has 0 amide bonds. The Hall–Kier alpha value is -1.26. The van der Waals surface area contributed by atoms with Gasteiger partial charge < -0.3 is 20.3 Å². The first-order chi connectivity index (χ1) is 6.77. The van der Waals surface area contributed by atoms with Crippen molar-refractivity contribution >= 4 is 0 Å². The molecule has 0 unspecified atom stereocenters. The van der Waals surface area contributed by atoms with E-state index in [4.69, 9.17) is 9.84 Å². The Bertz CT molecular complexity index is 321. The van der Waals surface area contributed by atoms with Crippen LogP contribution in [0.3, 0.4) is 0 Å². The van der Waals surface area contributed by atoms with Gasteiger partial charge in [0, 0.05) is 13.1 Å². The molecule has 0 saturated carbocycles. The summed E-state index contributed by atoms with van der Waals surface area (Å²) in [4.78, 5) is 0. The molecule has 0 bridgehead atoms. The third-order valence-corrected chi connectivity index (χ3v) is 2.30. The van der Waals surface area contributed by atoms with Crippen LogP contribution in [0.5, 0.6) is 11.5 Å². The lowest BCUT2D eigenvalue weighted by Crippen LogP contribution is -2.33. The number of nitrogens with one attached hydrogen (secondary N) is 1. The van der Waals surface area contributed by atoms with Gasteiger partial charge in [0.2, 0.25) is 0 Å². The van der Waals surface area contributed by atoms with Crippen LogP contribution in [0.4, 0.5) is 0 Å². The number of benzene rings is 1. The second kappa shape index (κ2) is 3.86. The number of hydrogen-bond acceptors (Lipinski definition) is 4. The van der Waals surface area contributed by atoms with Crippen LogP contribution >= 0.6 is 0 Å². The number of ether oxygens (including phenoxy) is 1. The quantitative estimate of drug-likeness (QED) is 0.579. The summed E-state index contributed by atoms with van der Waals surface area (Å²) < 4.78 is 5.50. The maximum absolute atomic E-state index is 9.30. The minimum atomic E-state index is -0.100. The third-order valence-electron chi connectivity index (χ3n) is 2.30. The molecule has 1 heterocycles. The van der Waals surface area contributed by atoms with Crippen molar-refractivity contribution in [2.75, 3.05) is 19.7 Å². The molecule has 1 aliphatic heterocycles. The fourth-order valence-electron chi connectivity index (χ4n) is 1.52. The van der Waals surface area contributed by atoms with Crippen LogP contribution in [-0.2, 0) is 4.74 Å². The van der Waals surface area contributed by atoms with E-state index in [0.717, 1.165) is 18.7 Å². The molecular formula is C10H13NO3. The molecule has 14 heavy (non-hydrogen) atoms. The molecule has 1 aromatic carbocycles. The molecule has 0 radical (unpaired) electrons. The molecule has 1 aliphatic rings. The summed E-state index contributed by atoms with van der Waals surface area (Å²) in [7, 11) is 0. The van der Waals surface area contributed by atoms with Crippen LogP contribution in [0, 0.1) is 0 Å². The number of aromatic hydroxyl groups is 2. The van der Waals surface area contributed by atoms with Crippen molar-refractivity contribution in [3.8, 4) is 11.5 Å². The first kappa shape index (κ1) is 9.30. The Balaban J connectivity index is 2.18. The maximum atomic E-state index is 9.30. The Morgan fingerprint density at radius 2 is 2.14 bits per heavy atom. The second-order valence-corrected chi connectivity index (χ2v) is 3.31. The van der Waals surface area contributed by atoms with Crippen molar-refractivity contribution in [3.05, 3.63) is 23.8 Å². The van der Waals surface area contributed by atoms with Crippen LogP contribution < -0.4 is 5.32 Å². The van der Waals surface area contributed by atoms with Crippen LogP contribution in [0.2, 0.25) is 0 Å². The van der Waals surface area contributed by atoms with Crippen LogP contribution in [-0.4, -0.2) is 29.9 Å². The van der Waals surface area contributed by atoms with Gasteiger partial charge in [-0.05, 0) is 17.7 Å². The van der Waals surface area contributed by atoms with Gasteiger partial charge in [-0.2, -0.15) is 0 Å². The molecule has 1 aromatic rings. The lowest BCUT2D eigenvalue weighted by atomic mass is 10.1. The molecule has 3 N–H and O–H groups in total. The monoisotopic (exact) mass is 195 g/mol. The van der Waals surface area contributed by atoms with Gasteiger partial charge in [0.1, 0.15) is 0 Å². The Kier molecular flexibility index (Phi) is 2.56. The number of phenols is 2. The molecule has 1 saturated heterocycles. The first-order valence-electron chi connectivity index (χ1n) is 4.61. The van der Waals surface area contributed by atoms with Crippen molar-refractivity contribution in [2.24, 2.45) is 0 Å². The highest BCUT2D eigenvalue weighted by molar-refractivity contribution is 5.41. The Labute approximate surface area is 82.1 Å². The molecule has 2 rings (SSSR count). The van der Waals surface area contributed by atoms with Crippen LogP contribution in [0.1, 0.15) is 11.7 Å². The lowest BCUT2D eigenvalue weighted by Gasteiger charge is -2.24. The summed E-state index contributed by atoms with van der Waals surface area (Å²) in [6.07, 6.45) is -0.0322. The molecule has 76 valence electrons. The number of rotatable bonds is 1. The van der Waals surface area contributed by atoms with Gasteiger partial charge in [-0.3, -0.25) is 0 Å². The largest absolute Gasteiger partial charge is 0.504 e. The summed E-state index contributed by atoms with van der Waals surface area (Å²) in [6.45, 7) is 2.27. The molecular weight excluding hydrogens is 182 g/mol. The van der Waals surface area contributed by atoms with E-state index in [0.29, 0.717) is 6.61 Å². The van der Waals surface area contributed by atoms with Gasteiger partial charge in [0.05, 0.1) is 12.7 Å². The lowest BCUT2D eigenvalue weighted by molar-refractivity contribution is 0.0275. The fraction of sp³-hybridized carbons (Fsp3) is 0.400. The minimum absolute atomic E-state index is 0.0322. The van der Waals surface area contributed by atoms with Crippen molar-refractivity contribution < 1.29 is 14.9 Å². The summed E-state index contributed by atoms with van der Waals surface area (Å²) in [5.41, 5.74) is 0.882. The molecule has 0 spiro atoms. The average Bonchev–Trinajstić information content (AvgIpc) is 2.23. The van der Waals surface area contributed by atoms with Crippen molar-refractivity contribution in [2.45, 2.75) is 6.10 Å². The second-order valence-electron chi connectivity index (χ2n) is 3.31. The molecule has 0 aromatic heterocycles. The smallest absolute Gasteiger partial charge is 0.157 e. The van der Waals surface area contributed by atoms with E-state index in [1.54, 1.807) is 6.07 Å². The van der Waals surface area contributed by atoms with Crippen molar-refractivity contribution in [3.63, 3.8) is 0 Å². The zero-order chi connectivity index (χ0) is 9.97. The van der Waals surface area contributed by atoms with Crippen LogP contribution in [0.25, 0.3) is 0 Å². The number of hydrogen-bond donors (Lipinski definition) is 3. The maximum Gasteiger partial charge on any atom is 0.157 e. The standard InChI is InChI=1S/C10H13NO3/c12-8-2-1-7(5-9(8)13)10-6-11-3-4-14-10/h1-2,5,10-13H,3-4,6H2/t10-/m1/s1. The van der Waals surface area contributed by atoms with E-state index in [1.807, 2.05) is 0 Å². The Morgan fingerprint density at radius 1 is 1.29 bits per heavy atom. The molecule has 1 atom stereocenters. The summed E-state index contributed by atoms with van der Waals surface area (Å²) in [5, 5.41) is 21.6. The fourth-order valence-corrected chi connectivity index (χ4v) is 1.52. The van der Waals surface area contributed by atoms with Crippen molar-refractivity contribution in [1.29, 1.82) is 0 Å². The Morgan fingerprint density at radius 3 is 2.79 bits per heavy atom. The van der Waals surface area contributed by atoms with Gasteiger partial charge in [0.15, 0.2) is 11.5 Å². The van der Waals surface area contributed by atoms with Gasteiger partial charge in [0.25, 0.3) is 0 Å². The average molecular weight is 195 g/mol. The molecule has 4 heteroatoms. The van der Waals surface area contributed by atoms with Gasteiger partial charge in [-0.1, -0.05) is 6.07 Å². The minimum Gasteiger partial charge on any atom is -0.504 e. The molecule has 4 nitrogen and oxygen atoms in total. The zero-order valence-electron chi connectivity index (χ0n) is 7.73. The summed E-state index contributed by atoms with van der Waals surface area (Å²) in [5.74, 6) is -0.200. The van der Waals surface area contributed by atoms with E-state index in [9.17, 15) is 5.11 Å². The predicted octanol–water partition coefficient (Wildman–Crippen LogP) is 0.759. The topological polar surface area (TPSA) is 61.7 Å².